The monoisotopic (exact) mass is 383 g/mol. The van der Waals surface area contributed by atoms with E-state index in [1.165, 1.54) is 11.3 Å². The molecule has 4 nitrogen and oxygen atoms in total. The fraction of sp³-hybridized carbons (Fsp3) is 0.471. The first-order chi connectivity index (χ1) is 11.6. The summed E-state index contributed by atoms with van der Waals surface area (Å²) in [5, 5.41) is 12.4. The molecule has 0 aliphatic carbocycles. The van der Waals surface area contributed by atoms with Gasteiger partial charge in [0.15, 0.2) is 4.34 Å². The molecule has 0 aliphatic heterocycles. The van der Waals surface area contributed by atoms with E-state index in [1.807, 2.05) is 31.2 Å². The number of hydrogen-bond acceptors (Lipinski definition) is 5. The predicted molar refractivity (Wildman–Crippen MR) is 103 cm³/mol. The standard InChI is InChI=1S/C17H22ClN3OS2/c1-3-5-8-13(4-2)15(22)19-16-20-21-17(24-16)23-11-12-7-6-9-14(18)10-12/h6-7,9-10,13H,3-5,8,11H2,1-2H3,(H,19,20,22)/t13-/m1/s1. The summed E-state index contributed by atoms with van der Waals surface area (Å²) in [4.78, 5) is 12.3. The van der Waals surface area contributed by atoms with Crippen molar-refractivity contribution in [1.82, 2.24) is 10.2 Å². The van der Waals surface area contributed by atoms with Crippen LogP contribution in [0.3, 0.4) is 0 Å². The van der Waals surface area contributed by atoms with Gasteiger partial charge in [0.2, 0.25) is 11.0 Å². The van der Waals surface area contributed by atoms with E-state index in [0.717, 1.165) is 46.4 Å². The summed E-state index contributed by atoms with van der Waals surface area (Å²) in [6.07, 6.45) is 3.95. The van der Waals surface area contributed by atoms with Crippen molar-refractivity contribution in [3.63, 3.8) is 0 Å². The third kappa shape index (κ3) is 6.07. The van der Waals surface area contributed by atoms with Gasteiger partial charge in [-0.05, 0) is 30.5 Å². The summed E-state index contributed by atoms with van der Waals surface area (Å²) >= 11 is 8.99. The number of carbonyl (C=O) groups is 1. The Hall–Kier alpha value is -1.11. The van der Waals surface area contributed by atoms with E-state index >= 15 is 0 Å². The van der Waals surface area contributed by atoms with Crippen LogP contribution in [0.25, 0.3) is 0 Å². The zero-order valence-corrected chi connectivity index (χ0v) is 16.3. The Morgan fingerprint density at radius 3 is 2.92 bits per heavy atom. The number of amides is 1. The second-order valence-electron chi connectivity index (χ2n) is 5.53. The minimum atomic E-state index is 0.0495. The largest absolute Gasteiger partial charge is 0.300 e. The number of unbranched alkanes of at least 4 members (excludes halogenated alkanes) is 1. The minimum Gasteiger partial charge on any atom is -0.300 e. The summed E-state index contributed by atoms with van der Waals surface area (Å²) in [7, 11) is 0. The van der Waals surface area contributed by atoms with Crippen molar-refractivity contribution < 1.29 is 4.79 Å². The summed E-state index contributed by atoms with van der Waals surface area (Å²) in [6, 6.07) is 7.77. The molecule has 0 bridgehead atoms. The molecule has 0 saturated heterocycles. The van der Waals surface area contributed by atoms with Crippen LogP contribution in [0, 0.1) is 5.92 Å². The van der Waals surface area contributed by atoms with Gasteiger partial charge in [0.05, 0.1) is 0 Å². The molecule has 0 aliphatic rings. The number of carbonyl (C=O) groups excluding carboxylic acids is 1. The summed E-state index contributed by atoms with van der Waals surface area (Å²) < 4.78 is 0.840. The number of halogens is 1. The van der Waals surface area contributed by atoms with Crippen LogP contribution in [-0.2, 0) is 10.5 Å². The summed E-state index contributed by atoms with van der Waals surface area (Å²) in [5.41, 5.74) is 1.14. The number of rotatable bonds is 9. The van der Waals surface area contributed by atoms with Crippen molar-refractivity contribution in [3.8, 4) is 0 Å². The lowest BCUT2D eigenvalue weighted by molar-refractivity contribution is -0.120. The third-order valence-corrected chi connectivity index (χ3v) is 5.94. The van der Waals surface area contributed by atoms with Crippen molar-refractivity contribution in [3.05, 3.63) is 34.9 Å². The second kappa shape index (κ2) is 10.0. The molecule has 0 fully saturated rings. The molecule has 1 aromatic carbocycles. The SMILES string of the molecule is CCCC[C@@H](CC)C(=O)Nc1nnc(SCc2cccc(Cl)c2)s1. The quantitative estimate of drug-likeness (QED) is 0.449. The molecule has 0 unspecified atom stereocenters. The first-order valence-electron chi connectivity index (χ1n) is 8.14. The molecule has 0 saturated carbocycles. The Morgan fingerprint density at radius 2 is 2.21 bits per heavy atom. The van der Waals surface area contributed by atoms with E-state index in [2.05, 4.69) is 22.4 Å². The van der Waals surface area contributed by atoms with Gasteiger partial charge in [0, 0.05) is 16.7 Å². The van der Waals surface area contributed by atoms with Crippen molar-refractivity contribution >= 4 is 45.7 Å². The van der Waals surface area contributed by atoms with Gasteiger partial charge in [0.1, 0.15) is 0 Å². The van der Waals surface area contributed by atoms with Gasteiger partial charge in [-0.15, -0.1) is 10.2 Å². The molecular weight excluding hydrogens is 362 g/mol. The summed E-state index contributed by atoms with van der Waals surface area (Å²) in [6.45, 7) is 4.19. The van der Waals surface area contributed by atoms with Crippen LogP contribution < -0.4 is 5.32 Å². The number of nitrogens with zero attached hydrogens (tertiary/aromatic N) is 2. The maximum absolute atomic E-state index is 12.3. The second-order valence-corrected chi connectivity index (χ2v) is 8.16. The maximum Gasteiger partial charge on any atom is 0.229 e. The average Bonchev–Trinajstić information content (AvgIpc) is 3.01. The zero-order chi connectivity index (χ0) is 17.4. The van der Waals surface area contributed by atoms with Crippen molar-refractivity contribution in [2.75, 3.05) is 5.32 Å². The molecule has 1 heterocycles. The van der Waals surface area contributed by atoms with Gasteiger partial charge in [0.25, 0.3) is 0 Å². The Kier molecular flexibility index (Phi) is 8.02. The molecule has 130 valence electrons. The Labute approximate surface area is 156 Å². The first kappa shape index (κ1) is 19.2. The van der Waals surface area contributed by atoms with Gasteiger partial charge in [-0.25, -0.2) is 0 Å². The van der Waals surface area contributed by atoms with Gasteiger partial charge in [-0.3, -0.25) is 4.79 Å². The fourth-order valence-electron chi connectivity index (χ4n) is 2.27. The zero-order valence-electron chi connectivity index (χ0n) is 13.9. The molecule has 7 heteroatoms. The van der Waals surface area contributed by atoms with Crippen molar-refractivity contribution in [2.24, 2.45) is 5.92 Å². The lowest BCUT2D eigenvalue weighted by Gasteiger charge is -2.12. The molecule has 1 aromatic heterocycles. The summed E-state index contributed by atoms with van der Waals surface area (Å²) in [5.74, 6) is 0.877. The highest BCUT2D eigenvalue weighted by Gasteiger charge is 2.17. The minimum absolute atomic E-state index is 0.0495. The molecule has 2 rings (SSSR count). The number of benzene rings is 1. The molecule has 24 heavy (non-hydrogen) atoms. The van der Waals surface area contributed by atoms with Gasteiger partial charge in [-0.1, -0.05) is 73.5 Å². The Bertz CT molecular complexity index is 663. The Balaban J connectivity index is 1.87. The highest BCUT2D eigenvalue weighted by Crippen LogP contribution is 2.29. The normalized spacial score (nSPS) is 12.1. The number of nitrogens with one attached hydrogen (secondary N) is 1. The van der Waals surface area contributed by atoms with Crippen LogP contribution in [-0.4, -0.2) is 16.1 Å². The molecule has 1 N–H and O–H groups in total. The van der Waals surface area contributed by atoms with E-state index in [9.17, 15) is 4.79 Å². The molecule has 1 atom stereocenters. The van der Waals surface area contributed by atoms with Gasteiger partial charge >= 0.3 is 0 Å². The highest BCUT2D eigenvalue weighted by atomic mass is 35.5. The fourth-order valence-corrected chi connectivity index (χ4v) is 4.18. The van der Waals surface area contributed by atoms with Crippen LogP contribution in [0.4, 0.5) is 5.13 Å². The number of anilines is 1. The van der Waals surface area contributed by atoms with Crippen LogP contribution >= 0.6 is 34.7 Å². The molecule has 0 radical (unpaired) electrons. The predicted octanol–water partition coefficient (Wildman–Crippen LogP) is 5.64. The van der Waals surface area contributed by atoms with E-state index in [0.29, 0.717) is 5.13 Å². The smallest absolute Gasteiger partial charge is 0.229 e. The molecular formula is C17H22ClN3OS2. The molecule has 0 spiro atoms. The third-order valence-electron chi connectivity index (χ3n) is 3.66. The van der Waals surface area contributed by atoms with Crippen LogP contribution in [0.15, 0.2) is 28.6 Å². The van der Waals surface area contributed by atoms with Crippen molar-refractivity contribution in [2.45, 2.75) is 49.6 Å². The number of hydrogen-bond donors (Lipinski definition) is 1. The average molecular weight is 384 g/mol. The maximum atomic E-state index is 12.3. The van der Waals surface area contributed by atoms with E-state index in [4.69, 9.17) is 11.6 Å². The first-order valence-corrected chi connectivity index (χ1v) is 10.3. The highest BCUT2D eigenvalue weighted by molar-refractivity contribution is 8.00. The van der Waals surface area contributed by atoms with Crippen LogP contribution in [0.5, 0.6) is 0 Å². The van der Waals surface area contributed by atoms with Crippen molar-refractivity contribution in [1.29, 1.82) is 0 Å². The van der Waals surface area contributed by atoms with E-state index in [-0.39, 0.29) is 11.8 Å². The lowest BCUT2D eigenvalue weighted by Crippen LogP contribution is -2.22. The number of thioether (sulfide) groups is 1. The van der Waals surface area contributed by atoms with Gasteiger partial charge in [-0.2, -0.15) is 0 Å². The van der Waals surface area contributed by atoms with E-state index < -0.39 is 0 Å². The van der Waals surface area contributed by atoms with E-state index in [1.54, 1.807) is 11.8 Å². The topological polar surface area (TPSA) is 54.9 Å². The number of aromatic nitrogens is 2. The van der Waals surface area contributed by atoms with Crippen LogP contribution in [0.1, 0.15) is 45.1 Å². The van der Waals surface area contributed by atoms with Crippen LogP contribution in [0.2, 0.25) is 5.02 Å². The van der Waals surface area contributed by atoms with Gasteiger partial charge < -0.3 is 5.32 Å². The molecule has 2 aromatic rings. The molecule has 1 amide bonds. The Morgan fingerprint density at radius 1 is 1.38 bits per heavy atom. The lowest BCUT2D eigenvalue weighted by atomic mass is 9.99.